The lowest BCUT2D eigenvalue weighted by Crippen LogP contribution is -2.28. The van der Waals surface area contributed by atoms with Crippen molar-refractivity contribution >= 4 is 27.9 Å². The van der Waals surface area contributed by atoms with E-state index in [1.165, 1.54) is 6.92 Å². The molecular formula is C12H10F3NO7S. The predicted octanol–water partition coefficient (Wildman–Crippen LogP) is 2.40. The molecular weight excluding hydrogens is 359 g/mol. The summed E-state index contributed by atoms with van der Waals surface area (Å²) in [7, 11) is -6.04. The van der Waals surface area contributed by atoms with Gasteiger partial charge in [-0.05, 0) is 19.1 Å². The van der Waals surface area contributed by atoms with Crippen molar-refractivity contribution in [2.75, 3.05) is 6.61 Å². The number of esters is 1. The number of carbonyl (C=O) groups excluding carboxylic acids is 1. The Morgan fingerprint density at radius 1 is 1.38 bits per heavy atom. The van der Waals surface area contributed by atoms with Crippen molar-refractivity contribution in [3.05, 3.63) is 40.0 Å². The molecule has 0 bridgehead atoms. The minimum Gasteiger partial charge on any atom is -0.463 e. The molecule has 24 heavy (non-hydrogen) atoms. The fourth-order valence-corrected chi connectivity index (χ4v) is 1.84. The van der Waals surface area contributed by atoms with E-state index in [0.717, 1.165) is 24.3 Å². The van der Waals surface area contributed by atoms with Crippen LogP contribution in [0.3, 0.4) is 0 Å². The number of nitro benzene ring substituents is 1. The zero-order valence-electron chi connectivity index (χ0n) is 11.9. The number of halogens is 3. The molecule has 12 heteroatoms. The van der Waals surface area contributed by atoms with E-state index in [9.17, 15) is 36.5 Å². The van der Waals surface area contributed by atoms with E-state index in [0.29, 0.717) is 6.07 Å². The van der Waals surface area contributed by atoms with E-state index in [1.807, 2.05) is 0 Å². The molecule has 0 atom stereocenters. The van der Waals surface area contributed by atoms with Gasteiger partial charge in [-0.2, -0.15) is 21.6 Å². The molecule has 0 spiro atoms. The average molecular weight is 369 g/mol. The molecule has 0 amide bonds. The number of hydrogen-bond acceptors (Lipinski definition) is 7. The summed E-state index contributed by atoms with van der Waals surface area (Å²) in [5, 5.41) is 10.7. The molecule has 0 N–H and O–H groups in total. The fourth-order valence-electron chi connectivity index (χ4n) is 1.36. The lowest BCUT2D eigenvalue weighted by Gasteiger charge is -2.11. The van der Waals surface area contributed by atoms with Crippen LogP contribution in [0.25, 0.3) is 6.08 Å². The molecule has 8 nitrogen and oxygen atoms in total. The van der Waals surface area contributed by atoms with Crippen molar-refractivity contribution < 1.29 is 40.2 Å². The quantitative estimate of drug-likeness (QED) is 0.189. The van der Waals surface area contributed by atoms with Gasteiger partial charge in [0, 0.05) is 17.7 Å². The van der Waals surface area contributed by atoms with Gasteiger partial charge in [-0.1, -0.05) is 0 Å². The summed E-state index contributed by atoms with van der Waals surface area (Å²) in [5.41, 5.74) is -6.73. The third kappa shape index (κ3) is 4.94. The number of nitrogens with zero attached hydrogens (tertiary/aromatic N) is 1. The molecule has 0 radical (unpaired) electrons. The van der Waals surface area contributed by atoms with Gasteiger partial charge in [0.2, 0.25) is 0 Å². The maximum Gasteiger partial charge on any atom is 0.534 e. The van der Waals surface area contributed by atoms with E-state index in [4.69, 9.17) is 0 Å². The van der Waals surface area contributed by atoms with Crippen LogP contribution in [0.15, 0.2) is 24.3 Å². The lowest BCUT2D eigenvalue weighted by atomic mass is 10.1. The standard InChI is InChI=1S/C12H10F3NO7S/c1-2-22-11(17)6-4-8-3-5-9(16(18)19)7-10(8)23-24(20,21)12(13,14)15/h3-7H,2H2,1H3/b6-4+. The van der Waals surface area contributed by atoms with Gasteiger partial charge in [0.25, 0.3) is 5.69 Å². The number of benzene rings is 1. The van der Waals surface area contributed by atoms with Gasteiger partial charge >= 0.3 is 21.6 Å². The van der Waals surface area contributed by atoms with Crippen LogP contribution in [0.5, 0.6) is 5.75 Å². The first-order valence-corrected chi connectivity index (χ1v) is 7.52. The molecule has 1 rings (SSSR count). The Labute approximate surface area is 133 Å². The summed E-state index contributed by atoms with van der Waals surface area (Å²) in [4.78, 5) is 20.9. The highest BCUT2D eigenvalue weighted by molar-refractivity contribution is 7.88. The number of rotatable bonds is 6. The Morgan fingerprint density at radius 2 is 2.00 bits per heavy atom. The monoisotopic (exact) mass is 369 g/mol. The third-order valence-electron chi connectivity index (χ3n) is 2.38. The highest BCUT2D eigenvalue weighted by atomic mass is 32.2. The molecule has 0 aliphatic heterocycles. The third-order valence-corrected chi connectivity index (χ3v) is 3.34. The Balaban J connectivity index is 3.30. The molecule has 0 unspecified atom stereocenters. The second-order valence-corrected chi connectivity index (χ2v) is 5.59. The molecule has 1 aromatic carbocycles. The minimum absolute atomic E-state index is 0.0369. The van der Waals surface area contributed by atoms with Crippen molar-refractivity contribution in [3.8, 4) is 5.75 Å². The zero-order valence-corrected chi connectivity index (χ0v) is 12.8. The van der Waals surface area contributed by atoms with Gasteiger partial charge in [0.05, 0.1) is 17.6 Å². The van der Waals surface area contributed by atoms with Gasteiger partial charge in [0.15, 0.2) is 5.75 Å². The Kier molecular flexibility index (Phi) is 5.90. The van der Waals surface area contributed by atoms with Crippen molar-refractivity contribution in [1.82, 2.24) is 0 Å². The number of ether oxygens (including phenoxy) is 1. The normalized spacial score (nSPS) is 12.2. The topological polar surface area (TPSA) is 113 Å². The first-order chi connectivity index (χ1) is 11.0. The predicted molar refractivity (Wildman–Crippen MR) is 74.4 cm³/mol. The van der Waals surface area contributed by atoms with Crippen molar-refractivity contribution in [1.29, 1.82) is 0 Å². The summed E-state index contributed by atoms with van der Waals surface area (Å²) in [5.74, 6) is -1.80. The van der Waals surface area contributed by atoms with Crippen LogP contribution in [0.2, 0.25) is 0 Å². The molecule has 0 aromatic heterocycles. The Bertz CT molecular complexity index is 771. The zero-order chi connectivity index (χ0) is 18.5. The van der Waals surface area contributed by atoms with Crippen LogP contribution in [0.1, 0.15) is 12.5 Å². The van der Waals surface area contributed by atoms with Crippen LogP contribution in [-0.2, 0) is 19.6 Å². The average Bonchev–Trinajstić information content (AvgIpc) is 2.44. The van der Waals surface area contributed by atoms with Crippen LogP contribution in [-0.4, -0.2) is 31.4 Å². The van der Waals surface area contributed by atoms with Crippen LogP contribution >= 0.6 is 0 Å². The maximum absolute atomic E-state index is 12.4. The highest BCUT2D eigenvalue weighted by Crippen LogP contribution is 2.32. The molecule has 0 aliphatic rings. The first-order valence-electron chi connectivity index (χ1n) is 6.12. The van der Waals surface area contributed by atoms with Gasteiger partial charge in [-0.25, -0.2) is 4.79 Å². The number of non-ortho nitro benzene ring substituents is 1. The van der Waals surface area contributed by atoms with Crippen LogP contribution in [0.4, 0.5) is 18.9 Å². The van der Waals surface area contributed by atoms with E-state index in [2.05, 4.69) is 8.92 Å². The van der Waals surface area contributed by atoms with Crippen molar-refractivity contribution in [2.24, 2.45) is 0 Å². The summed E-state index contributed by atoms with van der Waals surface area (Å²) >= 11 is 0. The van der Waals surface area contributed by atoms with E-state index < -0.39 is 38.0 Å². The van der Waals surface area contributed by atoms with Gasteiger partial charge < -0.3 is 8.92 Å². The van der Waals surface area contributed by atoms with Crippen LogP contribution < -0.4 is 4.18 Å². The fraction of sp³-hybridized carbons (Fsp3) is 0.250. The van der Waals surface area contributed by atoms with Crippen LogP contribution in [0, 0.1) is 10.1 Å². The summed E-state index contributed by atoms with van der Waals surface area (Å²) in [6.45, 7) is 1.55. The second kappa shape index (κ2) is 7.29. The molecule has 0 saturated heterocycles. The molecule has 1 aromatic rings. The highest BCUT2D eigenvalue weighted by Gasteiger charge is 2.48. The van der Waals surface area contributed by atoms with E-state index in [-0.39, 0.29) is 12.2 Å². The van der Waals surface area contributed by atoms with Gasteiger partial charge in [-0.3, -0.25) is 10.1 Å². The van der Waals surface area contributed by atoms with Crippen molar-refractivity contribution in [3.63, 3.8) is 0 Å². The Morgan fingerprint density at radius 3 is 2.50 bits per heavy atom. The SMILES string of the molecule is CCOC(=O)/C=C/c1ccc([N+](=O)[O-])cc1OS(=O)(=O)C(F)(F)F. The maximum atomic E-state index is 12.4. The first kappa shape index (κ1) is 19.4. The van der Waals surface area contributed by atoms with Gasteiger partial charge in [0.1, 0.15) is 0 Å². The van der Waals surface area contributed by atoms with Crippen molar-refractivity contribution in [2.45, 2.75) is 12.4 Å². The molecule has 0 aliphatic carbocycles. The number of nitro groups is 1. The van der Waals surface area contributed by atoms with E-state index >= 15 is 0 Å². The number of carbonyl (C=O) groups is 1. The molecule has 0 heterocycles. The molecule has 0 saturated carbocycles. The lowest BCUT2D eigenvalue weighted by molar-refractivity contribution is -0.384. The molecule has 132 valence electrons. The smallest absolute Gasteiger partial charge is 0.463 e. The van der Waals surface area contributed by atoms with Gasteiger partial charge in [-0.15, -0.1) is 0 Å². The number of hydrogen-bond donors (Lipinski definition) is 0. The minimum atomic E-state index is -6.04. The van der Waals surface area contributed by atoms with E-state index in [1.54, 1.807) is 0 Å². The molecule has 0 fully saturated rings. The Hall–Kier alpha value is -2.63. The summed E-state index contributed by atoms with van der Waals surface area (Å²) < 4.78 is 67.7. The largest absolute Gasteiger partial charge is 0.534 e. The number of alkyl halides is 3. The summed E-state index contributed by atoms with van der Waals surface area (Å²) in [6.07, 6.45) is 1.71. The second-order valence-electron chi connectivity index (χ2n) is 4.05. The summed E-state index contributed by atoms with van der Waals surface area (Å²) in [6, 6.07) is 2.32.